The number of nitrogens with one attached hydrogen (secondary N) is 1. The van der Waals surface area contributed by atoms with Gasteiger partial charge in [-0.2, -0.15) is 0 Å². The number of rotatable bonds is 4. The highest BCUT2D eigenvalue weighted by molar-refractivity contribution is 9.10. The molecule has 0 radical (unpaired) electrons. The third kappa shape index (κ3) is 3.32. The Kier molecular flexibility index (Phi) is 4.55. The number of fused-ring (bicyclic) bond motifs is 1. The molecule has 1 aliphatic rings. The zero-order valence-corrected chi connectivity index (χ0v) is 15.6. The number of aromatic nitrogens is 4. The number of allylic oxidation sites excluding steroid dienone is 4. The number of halogens is 2. The number of imidazole rings is 1. The largest absolute Gasteiger partial charge is 0.378 e. The Morgan fingerprint density at radius 1 is 1.24 bits per heavy atom. The minimum atomic E-state index is 0.618. The van der Waals surface area contributed by atoms with Gasteiger partial charge < -0.3 is 5.32 Å². The molecule has 126 valence electrons. The van der Waals surface area contributed by atoms with E-state index in [-0.39, 0.29) is 0 Å². The van der Waals surface area contributed by atoms with Crippen LogP contribution in [0.15, 0.2) is 59.0 Å². The molecule has 5 nitrogen and oxygen atoms in total. The summed E-state index contributed by atoms with van der Waals surface area (Å²) in [5, 5.41) is 4.33. The van der Waals surface area contributed by atoms with Crippen molar-refractivity contribution < 1.29 is 0 Å². The molecule has 1 aliphatic carbocycles. The molecular formula is C18H15BrClN5. The van der Waals surface area contributed by atoms with Gasteiger partial charge in [-0.3, -0.25) is 4.40 Å². The van der Waals surface area contributed by atoms with Gasteiger partial charge in [-0.25, -0.2) is 15.0 Å². The predicted molar refractivity (Wildman–Crippen MR) is 103 cm³/mol. The lowest BCUT2D eigenvalue weighted by molar-refractivity contribution is 1.02. The van der Waals surface area contributed by atoms with Crippen LogP contribution in [0.2, 0.25) is 0 Å². The van der Waals surface area contributed by atoms with Crippen LogP contribution in [0.3, 0.4) is 0 Å². The monoisotopic (exact) mass is 415 g/mol. The molecule has 0 fully saturated rings. The Morgan fingerprint density at radius 2 is 2.08 bits per heavy atom. The van der Waals surface area contributed by atoms with Crippen LogP contribution in [0.4, 0.5) is 5.69 Å². The van der Waals surface area contributed by atoms with Crippen LogP contribution in [-0.2, 0) is 6.54 Å². The van der Waals surface area contributed by atoms with E-state index in [0.29, 0.717) is 6.54 Å². The molecule has 4 rings (SSSR count). The van der Waals surface area contributed by atoms with Gasteiger partial charge in [0.15, 0.2) is 5.65 Å². The Labute approximate surface area is 158 Å². The summed E-state index contributed by atoms with van der Waals surface area (Å²) in [6.45, 7) is 0.618. The second-order valence-electron chi connectivity index (χ2n) is 5.78. The fraction of sp³-hybridized carbons (Fsp3) is 0.167. The molecule has 1 N–H and O–H groups in total. The van der Waals surface area contributed by atoms with E-state index in [4.69, 9.17) is 11.6 Å². The zero-order valence-electron chi connectivity index (χ0n) is 13.3. The van der Waals surface area contributed by atoms with Crippen molar-refractivity contribution >= 4 is 44.4 Å². The summed E-state index contributed by atoms with van der Waals surface area (Å²) < 4.78 is 2.91. The van der Waals surface area contributed by atoms with Crippen LogP contribution >= 0.6 is 27.5 Å². The number of hydrogen-bond donors (Lipinski definition) is 1. The maximum Gasteiger partial charge on any atom is 0.161 e. The molecule has 0 bridgehead atoms. The van der Waals surface area contributed by atoms with E-state index >= 15 is 0 Å². The van der Waals surface area contributed by atoms with Crippen molar-refractivity contribution in [1.29, 1.82) is 0 Å². The minimum Gasteiger partial charge on any atom is -0.378 e. The van der Waals surface area contributed by atoms with Crippen LogP contribution in [0.1, 0.15) is 24.0 Å². The maximum absolute atomic E-state index is 6.46. The third-order valence-corrected chi connectivity index (χ3v) is 5.06. The van der Waals surface area contributed by atoms with E-state index < -0.39 is 0 Å². The lowest BCUT2D eigenvalue weighted by atomic mass is 10.0. The average Bonchev–Trinajstić information content (AvgIpc) is 3.02. The molecule has 3 aromatic rings. The van der Waals surface area contributed by atoms with Gasteiger partial charge >= 0.3 is 0 Å². The van der Waals surface area contributed by atoms with Crippen LogP contribution in [0, 0.1) is 0 Å². The number of anilines is 1. The molecule has 3 heterocycles. The smallest absolute Gasteiger partial charge is 0.161 e. The van der Waals surface area contributed by atoms with Crippen molar-refractivity contribution in [2.24, 2.45) is 0 Å². The normalized spacial score (nSPS) is 14.3. The Balaban J connectivity index is 1.76. The molecule has 25 heavy (non-hydrogen) atoms. The van der Waals surface area contributed by atoms with E-state index in [1.54, 1.807) is 18.6 Å². The van der Waals surface area contributed by atoms with Gasteiger partial charge in [0.1, 0.15) is 10.9 Å². The van der Waals surface area contributed by atoms with Crippen molar-refractivity contribution in [2.45, 2.75) is 19.4 Å². The molecule has 0 atom stereocenters. The summed E-state index contributed by atoms with van der Waals surface area (Å²) in [7, 11) is 0. The number of pyridine rings is 1. The summed E-state index contributed by atoms with van der Waals surface area (Å²) >= 11 is 10.0. The highest BCUT2D eigenvalue weighted by atomic mass is 79.9. The Hall–Kier alpha value is -2.18. The first-order chi connectivity index (χ1) is 12.2. The highest BCUT2D eigenvalue weighted by Crippen LogP contribution is 2.33. The number of hydrogen-bond acceptors (Lipinski definition) is 4. The fourth-order valence-electron chi connectivity index (χ4n) is 2.84. The van der Waals surface area contributed by atoms with E-state index in [1.807, 2.05) is 4.40 Å². The summed E-state index contributed by atoms with van der Waals surface area (Å²) in [4.78, 5) is 12.6. The summed E-state index contributed by atoms with van der Waals surface area (Å²) in [5.41, 5.74) is 4.90. The quantitative estimate of drug-likeness (QED) is 0.664. The van der Waals surface area contributed by atoms with E-state index in [2.05, 4.69) is 60.6 Å². The SMILES string of the molecule is ClC1=C(c2cc(NCc3cncnc3)c3ncc(Br)n3c2)C=CCC1. The van der Waals surface area contributed by atoms with E-state index in [1.165, 1.54) is 6.33 Å². The zero-order chi connectivity index (χ0) is 17.2. The lowest BCUT2D eigenvalue weighted by Gasteiger charge is -2.15. The molecule has 0 saturated carbocycles. The van der Waals surface area contributed by atoms with Gasteiger partial charge in [-0.15, -0.1) is 0 Å². The fourth-order valence-corrected chi connectivity index (χ4v) is 3.50. The first-order valence-corrected chi connectivity index (χ1v) is 9.09. The topological polar surface area (TPSA) is 55.1 Å². The van der Waals surface area contributed by atoms with Crippen LogP contribution in [0.25, 0.3) is 11.2 Å². The molecule has 0 unspecified atom stereocenters. The molecular weight excluding hydrogens is 402 g/mol. The van der Waals surface area contributed by atoms with Gasteiger partial charge in [-0.05, 0) is 40.4 Å². The first-order valence-electron chi connectivity index (χ1n) is 7.92. The molecule has 0 spiro atoms. The van der Waals surface area contributed by atoms with Crippen molar-refractivity contribution in [3.63, 3.8) is 0 Å². The third-order valence-electron chi connectivity index (χ3n) is 4.08. The van der Waals surface area contributed by atoms with Crippen molar-refractivity contribution in [3.8, 4) is 0 Å². The van der Waals surface area contributed by atoms with Gasteiger partial charge in [0.25, 0.3) is 0 Å². The van der Waals surface area contributed by atoms with Gasteiger partial charge in [0, 0.05) is 41.3 Å². The van der Waals surface area contributed by atoms with Crippen molar-refractivity contribution in [1.82, 2.24) is 19.4 Å². The molecule has 0 saturated heterocycles. The Morgan fingerprint density at radius 3 is 2.88 bits per heavy atom. The lowest BCUT2D eigenvalue weighted by Crippen LogP contribution is -2.04. The van der Waals surface area contributed by atoms with Crippen LogP contribution in [0.5, 0.6) is 0 Å². The predicted octanol–water partition coefficient (Wildman–Crippen LogP) is 4.80. The van der Waals surface area contributed by atoms with Crippen molar-refractivity contribution in [2.75, 3.05) is 5.32 Å². The highest BCUT2D eigenvalue weighted by Gasteiger charge is 2.14. The second-order valence-corrected chi connectivity index (χ2v) is 7.05. The summed E-state index contributed by atoms with van der Waals surface area (Å²) in [5.74, 6) is 0. The average molecular weight is 417 g/mol. The molecule has 7 heteroatoms. The summed E-state index contributed by atoms with van der Waals surface area (Å²) in [6, 6.07) is 2.09. The molecule has 0 aliphatic heterocycles. The molecule has 0 aromatic carbocycles. The summed E-state index contributed by atoms with van der Waals surface area (Å²) in [6.07, 6.45) is 15.1. The Bertz CT molecular complexity index is 978. The maximum atomic E-state index is 6.46. The van der Waals surface area contributed by atoms with Gasteiger partial charge in [-0.1, -0.05) is 23.8 Å². The molecule has 0 amide bonds. The van der Waals surface area contributed by atoms with Gasteiger partial charge in [0.2, 0.25) is 0 Å². The van der Waals surface area contributed by atoms with Gasteiger partial charge in [0.05, 0.1) is 11.9 Å². The standard InChI is InChI=1S/C18H15BrClN5/c19-17-9-24-18-16(23-8-12-6-21-11-22-7-12)5-13(10-25(17)18)14-3-1-2-4-15(14)20/h1,3,5-7,9-11,23H,2,4,8H2. The van der Waals surface area contributed by atoms with E-state index in [0.717, 1.165) is 50.5 Å². The minimum absolute atomic E-state index is 0.618. The first kappa shape index (κ1) is 16.3. The van der Waals surface area contributed by atoms with Crippen LogP contribution < -0.4 is 5.32 Å². The second kappa shape index (κ2) is 6.98. The van der Waals surface area contributed by atoms with Crippen molar-refractivity contribution in [3.05, 3.63) is 70.1 Å². The molecule has 3 aromatic heterocycles. The number of nitrogens with zero attached hydrogens (tertiary/aromatic N) is 4. The van der Waals surface area contributed by atoms with Crippen LogP contribution in [-0.4, -0.2) is 19.4 Å². The van der Waals surface area contributed by atoms with E-state index in [9.17, 15) is 0 Å².